The molecule has 2 heterocycles. The fraction of sp³-hybridized carbons (Fsp3) is 0.0909. The minimum atomic E-state index is -0.261. The maximum atomic E-state index is 12.9. The average molecular weight is 370 g/mol. The van der Waals surface area contributed by atoms with Gasteiger partial charge in [-0.2, -0.15) is 0 Å². The van der Waals surface area contributed by atoms with Gasteiger partial charge in [0.2, 0.25) is 0 Å². The topological polar surface area (TPSA) is 76.9 Å². The van der Waals surface area contributed by atoms with Crippen molar-refractivity contribution in [2.75, 3.05) is 5.32 Å². The van der Waals surface area contributed by atoms with Gasteiger partial charge in [0, 0.05) is 11.8 Å². The van der Waals surface area contributed by atoms with E-state index in [1.54, 1.807) is 54.1 Å². The third-order valence-electron chi connectivity index (χ3n) is 4.48. The lowest BCUT2D eigenvalue weighted by molar-refractivity contribution is 0.102. The van der Waals surface area contributed by atoms with Crippen molar-refractivity contribution in [3.63, 3.8) is 0 Å². The molecule has 0 spiro atoms. The summed E-state index contributed by atoms with van der Waals surface area (Å²) in [5.41, 5.74) is 2.69. The Balaban J connectivity index is 1.65. The summed E-state index contributed by atoms with van der Waals surface area (Å²) in [6.45, 7) is 3.72. The van der Waals surface area contributed by atoms with Gasteiger partial charge in [0.25, 0.3) is 11.5 Å². The first-order valence-corrected chi connectivity index (χ1v) is 8.86. The number of benzene rings is 2. The van der Waals surface area contributed by atoms with Gasteiger partial charge >= 0.3 is 0 Å². The SMILES string of the molecule is Cc1ccc(NC(=O)c2ccc(-n3c(C)nc4ccccc4c3=O)cc2)nc1. The van der Waals surface area contributed by atoms with Crippen molar-refractivity contribution >= 4 is 22.6 Å². The molecule has 0 bridgehead atoms. The minimum absolute atomic E-state index is 0.135. The molecule has 0 saturated heterocycles. The van der Waals surface area contributed by atoms with E-state index in [1.807, 2.05) is 31.2 Å². The van der Waals surface area contributed by atoms with Crippen molar-refractivity contribution in [3.8, 4) is 5.69 Å². The quantitative estimate of drug-likeness (QED) is 0.597. The highest BCUT2D eigenvalue weighted by Crippen LogP contribution is 2.14. The normalized spacial score (nSPS) is 10.8. The third kappa shape index (κ3) is 3.27. The molecule has 6 nitrogen and oxygen atoms in total. The van der Waals surface area contributed by atoms with Crippen LogP contribution in [0.4, 0.5) is 5.82 Å². The first kappa shape index (κ1) is 17.6. The second-order valence-electron chi connectivity index (χ2n) is 6.54. The lowest BCUT2D eigenvalue weighted by Gasteiger charge is -2.11. The zero-order valence-corrected chi connectivity index (χ0v) is 15.5. The Morgan fingerprint density at radius 1 is 0.964 bits per heavy atom. The average Bonchev–Trinajstić information content (AvgIpc) is 2.70. The van der Waals surface area contributed by atoms with Crippen molar-refractivity contribution in [1.82, 2.24) is 14.5 Å². The number of aryl methyl sites for hydroxylation is 2. The molecule has 1 amide bonds. The van der Waals surface area contributed by atoms with Crippen molar-refractivity contribution in [2.45, 2.75) is 13.8 Å². The van der Waals surface area contributed by atoms with Crippen LogP contribution in [-0.2, 0) is 0 Å². The van der Waals surface area contributed by atoms with Crippen LogP contribution in [0.25, 0.3) is 16.6 Å². The summed E-state index contributed by atoms with van der Waals surface area (Å²) in [6, 6.07) is 17.7. The first-order chi connectivity index (χ1) is 13.5. The van der Waals surface area contributed by atoms with Gasteiger partial charge in [0.1, 0.15) is 11.6 Å². The summed E-state index contributed by atoms with van der Waals surface area (Å²) in [4.78, 5) is 34.0. The number of fused-ring (bicyclic) bond motifs is 1. The maximum absolute atomic E-state index is 12.9. The van der Waals surface area contributed by atoms with Crippen LogP contribution < -0.4 is 10.9 Å². The number of nitrogens with zero attached hydrogens (tertiary/aromatic N) is 3. The number of nitrogens with one attached hydrogen (secondary N) is 1. The summed E-state index contributed by atoms with van der Waals surface area (Å²) in [5, 5.41) is 3.32. The smallest absolute Gasteiger partial charge is 0.265 e. The van der Waals surface area contributed by atoms with E-state index in [0.29, 0.717) is 33.8 Å². The number of hydrogen-bond donors (Lipinski definition) is 1. The highest BCUT2D eigenvalue weighted by atomic mass is 16.1. The molecule has 138 valence electrons. The Bertz CT molecular complexity index is 1230. The van der Waals surface area contributed by atoms with Crippen molar-refractivity contribution in [1.29, 1.82) is 0 Å². The van der Waals surface area contributed by atoms with Crippen LogP contribution >= 0.6 is 0 Å². The van der Waals surface area contributed by atoms with E-state index in [9.17, 15) is 9.59 Å². The zero-order chi connectivity index (χ0) is 19.7. The molecule has 0 aliphatic heterocycles. The fourth-order valence-electron chi connectivity index (χ4n) is 3.04. The molecule has 1 N–H and O–H groups in total. The molecule has 6 heteroatoms. The number of para-hydroxylation sites is 1. The summed E-state index contributed by atoms with van der Waals surface area (Å²) >= 11 is 0. The lowest BCUT2D eigenvalue weighted by Crippen LogP contribution is -2.22. The van der Waals surface area contributed by atoms with Gasteiger partial charge in [-0.3, -0.25) is 14.2 Å². The Morgan fingerprint density at radius 2 is 1.71 bits per heavy atom. The lowest BCUT2D eigenvalue weighted by atomic mass is 10.1. The second-order valence-corrected chi connectivity index (χ2v) is 6.54. The number of rotatable bonds is 3. The Labute approximate surface area is 161 Å². The largest absolute Gasteiger partial charge is 0.307 e. The Morgan fingerprint density at radius 3 is 2.43 bits per heavy atom. The number of amides is 1. The number of carbonyl (C=O) groups is 1. The van der Waals surface area contributed by atoms with Crippen LogP contribution in [-0.4, -0.2) is 20.4 Å². The fourth-order valence-corrected chi connectivity index (χ4v) is 3.04. The maximum Gasteiger partial charge on any atom is 0.265 e. The third-order valence-corrected chi connectivity index (χ3v) is 4.48. The molecule has 0 atom stereocenters. The predicted molar refractivity (Wildman–Crippen MR) is 109 cm³/mol. The number of hydrogen-bond acceptors (Lipinski definition) is 4. The molecule has 0 aliphatic rings. The van der Waals surface area contributed by atoms with Crippen molar-refractivity contribution in [3.05, 3.63) is 94.2 Å². The van der Waals surface area contributed by atoms with E-state index in [-0.39, 0.29) is 11.5 Å². The van der Waals surface area contributed by atoms with E-state index >= 15 is 0 Å². The molecule has 0 unspecified atom stereocenters. The van der Waals surface area contributed by atoms with Gasteiger partial charge in [-0.15, -0.1) is 0 Å². The zero-order valence-electron chi connectivity index (χ0n) is 15.5. The second kappa shape index (κ2) is 7.08. The highest BCUT2D eigenvalue weighted by Gasteiger charge is 2.11. The van der Waals surface area contributed by atoms with Gasteiger partial charge < -0.3 is 5.32 Å². The molecule has 0 aliphatic carbocycles. The number of pyridine rings is 1. The molecule has 2 aromatic heterocycles. The number of carbonyl (C=O) groups excluding carboxylic acids is 1. The van der Waals surface area contributed by atoms with Crippen LogP contribution in [0.3, 0.4) is 0 Å². The molecule has 4 aromatic rings. The Hall–Kier alpha value is -3.80. The molecule has 0 fully saturated rings. The van der Waals surface area contributed by atoms with Crippen molar-refractivity contribution in [2.24, 2.45) is 0 Å². The van der Waals surface area contributed by atoms with E-state index in [1.165, 1.54) is 0 Å². The summed E-state index contributed by atoms with van der Waals surface area (Å²) in [7, 11) is 0. The van der Waals surface area contributed by atoms with Crippen LogP contribution in [0.1, 0.15) is 21.7 Å². The van der Waals surface area contributed by atoms with E-state index in [0.717, 1.165) is 5.56 Å². The van der Waals surface area contributed by atoms with E-state index in [2.05, 4.69) is 15.3 Å². The van der Waals surface area contributed by atoms with E-state index < -0.39 is 0 Å². The van der Waals surface area contributed by atoms with Crippen LogP contribution in [0, 0.1) is 13.8 Å². The molecular formula is C22H18N4O2. The standard InChI is InChI=1S/C22H18N4O2/c1-14-7-12-20(23-13-14)25-21(27)16-8-10-17(11-9-16)26-15(2)24-19-6-4-3-5-18(19)22(26)28/h3-13H,1-2H3,(H,23,25,27). The van der Waals surface area contributed by atoms with Gasteiger partial charge in [0.15, 0.2) is 0 Å². The van der Waals surface area contributed by atoms with Crippen LogP contribution in [0.5, 0.6) is 0 Å². The molecule has 2 aromatic carbocycles. The summed E-state index contributed by atoms with van der Waals surface area (Å²) < 4.78 is 1.55. The molecule has 4 rings (SSSR count). The van der Waals surface area contributed by atoms with Gasteiger partial charge in [-0.05, 0) is 61.9 Å². The van der Waals surface area contributed by atoms with Gasteiger partial charge in [-0.1, -0.05) is 18.2 Å². The van der Waals surface area contributed by atoms with Crippen LogP contribution in [0.2, 0.25) is 0 Å². The monoisotopic (exact) mass is 370 g/mol. The van der Waals surface area contributed by atoms with E-state index in [4.69, 9.17) is 0 Å². The molecule has 0 saturated carbocycles. The van der Waals surface area contributed by atoms with Crippen LogP contribution in [0.15, 0.2) is 71.7 Å². The molecule has 0 radical (unpaired) electrons. The predicted octanol–water partition coefficient (Wildman–Crippen LogP) is 3.65. The summed E-state index contributed by atoms with van der Waals surface area (Å²) in [6.07, 6.45) is 1.70. The molecule has 28 heavy (non-hydrogen) atoms. The highest BCUT2D eigenvalue weighted by molar-refractivity contribution is 6.03. The van der Waals surface area contributed by atoms with Crippen molar-refractivity contribution < 1.29 is 4.79 Å². The van der Waals surface area contributed by atoms with Gasteiger partial charge in [0.05, 0.1) is 16.6 Å². The van der Waals surface area contributed by atoms with Gasteiger partial charge in [-0.25, -0.2) is 9.97 Å². The number of aromatic nitrogens is 3. The minimum Gasteiger partial charge on any atom is -0.307 e. The summed E-state index contributed by atoms with van der Waals surface area (Å²) in [5.74, 6) is 0.818. The number of anilines is 1. The molecular weight excluding hydrogens is 352 g/mol. The first-order valence-electron chi connectivity index (χ1n) is 8.86. The Kier molecular flexibility index (Phi) is 4.45.